The largest absolute Gasteiger partial charge is 0.457 e. The van der Waals surface area contributed by atoms with Crippen LogP contribution in [0.3, 0.4) is 0 Å². The zero-order chi connectivity index (χ0) is 37.3. The molecular formula is C53H36N2O. The van der Waals surface area contributed by atoms with Crippen molar-refractivity contribution >= 4 is 0 Å². The van der Waals surface area contributed by atoms with Gasteiger partial charge in [0.25, 0.3) is 0 Å². The van der Waals surface area contributed by atoms with Gasteiger partial charge in [-0.1, -0.05) is 200 Å². The molecule has 0 saturated carbocycles. The van der Waals surface area contributed by atoms with Crippen LogP contribution in [0.15, 0.2) is 218 Å². The Labute approximate surface area is 327 Å². The highest BCUT2D eigenvalue weighted by atomic mass is 16.5. The Bertz CT molecular complexity index is 2630. The molecule has 0 bridgehead atoms. The molecular weight excluding hydrogens is 681 g/mol. The van der Waals surface area contributed by atoms with Crippen LogP contribution in [0.2, 0.25) is 0 Å². The Morgan fingerprint density at radius 2 is 0.661 bits per heavy atom. The van der Waals surface area contributed by atoms with Gasteiger partial charge < -0.3 is 4.74 Å². The van der Waals surface area contributed by atoms with Crippen LogP contribution in [0.1, 0.15) is 22.3 Å². The smallest absolute Gasteiger partial charge is 0.160 e. The maximum atomic E-state index is 6.52. The van der Waals surface area contributed by atoms with Gasteiger partial charge in [-0.05, 0) is 51.6 Å². The minimum Gasteiger partial charge on any atom is -0.457 e. The summed E-state index contributed by atoms with van der Waals surface area (Å²) in [6.45, 7) is 0. The van der Waals surface area contributed by atoms with E-state index in [1.807, 2.05) is 24.3 Å². The predicted molar refractivity (Wildman–Crippen MR) is 228 cm³/mol. The summed E-state index contributed by atoms with van der Waals surface area (Å²) < 4.78 is 6.52. The Hall–Kier alpha value is -7.36. The maximum absolute atomic E-state index is 6.52. The van der Waals surface area contributed by atoms with Gasteiger partial charge in [0, 0.05) is 27.8 Å². The third kappa shape index (κ3) is 5.87. The summed E-state index contributed by atoms with van der Waals surface area (Å²) in [5.41, 5.74) is 13.4. The first kappa shape index (κ1) is 33.2. The van der Waals surface area contributed by atoms with Gasteiger partial charge in [0.1, 0.15) is 11.5 Å². The Morgan fingerprint density at radius 3 is 1.14 bits per heavy atom. The second kappa shape index (κ2) is 14.1. The van der Waals surface area contributed by atoms with E-state index < -0.39 is 5.41 Å². The van der Waals surface area contributed by atoms with Crippen molar-refractivity contribution in [3.05, 3.63) is 241 Å². The lowest BCUT2D eigenvalue weighted by Crippen LogP contribution is -2.34. The number of para-hydroxylation sites is 2. The number of hydrogen-bond acceptors (Lipinski definition) is 3. The van der Waals surface area contributed by atoms with Gasteiger partial charge >= 0.3 is 0 Å². The quantitative estimate of drug-likeness (QED) is 0.165. The first-order valence-corrected chi connectivity index (χ1v) is 19.0. The number of fused-ring (bicyclic) bond motifs is 2. The summed E-state index contributed by atoms with van der Waals surface area (Å²) in [6.07, 6.45) is 0. The molecule has 9 aromatic rings. The van der Waals surface area contributed by atoms with Crippen LogP contribution < -0.4 is 4.74 Å². The van der Waals surface area contributed by atoms with E-state index in [0.717, 1.165) is 56.3 Å². The Balaban J connectivity index is 1.10. The van der Waals surface area contributed by atoms with Gasteiger partial charge in [-0.15, -0.1) is 0 Å². The van der Waals surface area contributed by atoms with Crippen LogP contribution in [-0.4, -0.2) is 9.97 Å². The zero-order valence-corrected chi connectivity index (χ0v) is 30.6. The summed E-state index contributed by atoms with van der Waals surface area (Å²) in [4.78, 5) is 10.5. The highest BCUT2D eigenvalue weighted by Crippen LogP contribution is 2.55. The molecule has 0 N–H and O–H groups in total. The average molecular weight is 717 g/mol. The molecule has 1 aliphatic rings. The summed E-state index contributed by atoms with van der Waals surface area (Å²) in [5.74, 6) is 2.39. The molecule has 10 rings (SSSR count). The van der Waals surface area contributed by atoms with Crippen molar-refractivity contribution in [2.75, 3.05) is 0 Å². The van der Waals surface area contributed by atoms with Crippen molar-refractivity contribution in [3.63, 3.8) is 0 Å². The lowest BCUT2D eigenvalue weighted by molar-refractivity contribution is 0.434. The standard InChI is InChI=1S/C53H36N2O/c1-4-14-37(15-5-1)39-24-28-41(29-25-39)48-36-49(42-30-26-40(27-31-42)38-16-6-2-7-17-38)55-52(54-48)43-32-34-45(35-33-43)53(44-18-8-3-9-19-44)46-20-10-12-22-50(46)56-51-23-13-11-21-47(51)53/h1-36H. The van der Waals surface area contributed by atoms with Crippen molar-refractivity contribution in [1.82, 2.24) is 9.97 Å². The van der Waals surface area contributed by atoms with Crippen molar-refractivity contribution < 1.29 is 4.74 Å². The van der Waals surface area contributed by atoms with Crippen molar-refractivity contribution in [1.29, 1.82) is 0 Å². The van der Waals surface area contributed by atoms with Crippen molar-refractivity contribution in [3.8, 4) is 67.7 Å². The SMILES string of the molecule is c1ccc(-c2ccc(-c3cc(-c4ccc(-c5ccccc5)cc4)nc(-c4ccc(C5(c6ccccc6)c6ccccc6Oc6ccccc65)cc4)n3)cc2)cc1. The highest BCUT2D eigenvalue weighted by molar-refractivity contribution is 5.76. The summed E-state index contributed by atoms with van der Waals surface area (Å²) in [5, 5.41) is 0. The average Bonchev–Trinajstić information content (AvgIpc) is 3.29. The Kier molecular flexibility index (Phi) is 8.38. The molecule has 1 aromatic heterocycles. The number of ether oxygens (including phenoxy) is 1. The fourth-order valence-corrected chi connectivity index (χ4v) is 8.14. The summed E-state index contributed by atoms with van der Waals surface area (Å²) in [7, 11) is 0. The van der Waals surface area contributed by atoms with Crippen LogP contribution in [0.4, 0.5) is 0 Å². The number of nitrogens with zero attached hydrogens (tertiary/aromatic N) is 2. The molecule has 0 spiro atoms. The van der Waals surface area contributed by atoms with Gasteiger partial charge in [0.15, 0.2) is 5.82 Å². The van der Waals surface area contributed by atoms with E-state index in [1.54, 1.807) is 0 Å². The highest BCUT2D eigenvalue weighted by Gasteiger charge is 2.45. The minimum atomic E-state index is -0.597. The molecule has 0 amide bonds. The normalized spacial score (nSPS) is 12.6. The molecule has 8 aromatic carbocycles. The third-order valence-electron chi connectivity index (χ3n) is 10.9. The van der Waals surface area contributed by atoms with E-state index in [2.05, 4.69) is 194 Å². The first-order chi connectivity index (χ1) is 27.7. The molecule has 56 heavy (non-hydrogen) atoms. The molecule has 0 atom stereocenters. The molecule has 2 heterocycles. The topological polar surface area (TPSA) is 35.0 Å². The number of hydrogen-bond donors (Lipinski definition) is 0. The molecule has 0 fully saturated rings. The van der Waals surface area contributed by atoms with E-state index in [0.29, 0.717) is 5.82 Å². The van der Waals surface area contributed by atoms with Gasteiger partial charge in [-0.2, -0.15) is 0 Å². The molecule has 0 aliphatic carbocycles. The van der Waals surface area contributed by atoms with Crippen LogP contribution >= 0.6 is 0 Å². The lowest BCUT2D eigenvalue weighted by Gasteiger charge is -2.41. The number of rotatable bonds is 7. The van der Waals surface area contributed by atoms with Crippen LogP contribution in [0, 0.1) is 0 Å². The zero-order valence-electron chi connectivity index (χ0n) is 30.6. The second-order valence-corrected chi connectivity index (χ2v) is 14.1. The van der Waals surface area contributed by atoms with Gasteiger partial charge in [-0.3, -0.25) is 0 Å². The molecule has 3 heteroatoms. The molecule has 3 nitrogen and oxygen atoms in total. The van der Waals surface area contributed by atoms with E-state index in [9.17, 15) is 0 Å². The van der Waals surface area contributed by atoms with E-state index in [4.69, 9.17) is 14.7 Å². The summed E-state index contributed by atoms with van der Waals surface area (Å²) >= 11 is 0. The Morgan fingerprint density at radius 1 is 0.304 bits per heavy atom. The van der Waals surface area contributed by atoms with Crippen LogP contribution in [0.25, 0.3) is 56.2 Å². The molecule has 0 saturated heterocycles. The second-order valence-electron chi connectivity index (χ2n) is 14.1. The number of aromatic nitrogens is 2. The van der Waals surface area contributed by atoms with Gasteiger partial charge in [0.2, 0.25) is 0 Å². The molecule has 0 unspecified atom stereocenters. The molecule has 264 valence electrons. The first-order valence-electron chi connectivity index (χ1n) is 19.0. The predicted octanol–water partition coefficient (Wildman–Crippen LogP) is 13.3. The number of benzene rings is 8. The lowest BCUT2D eigenvalue weighted by atomic mass is 9.63. The van der Waals surface area contributed by atoms with E-state index in [1.165, 1.54) is 27.8 Å². The van der Waals surface area contributed by atoms with E-state index in [-0.39, 0.29) is 0 Å². The maximum Gasteiger partial charge on any atom is 0.160 e. The van der Waals surface area contributed by atoms with Crippen LogP contribution in [0.5, 0.6) is 11.5 Å². The molecule has 0 radical (unpaired) electrons. The van der Waals surface area contributed by atoms with Crippen molar-refractivity contribution in [2.45, 2.75) is 5.41 Å². The van der Waals surface area contributed by atoms with Crippen molar-refractivity contribution in [2.24, 2.45) is 0 Å². The van der Waals surface area contributed by atoms with Gasteiger partial charge in [-0.25, -0.2) is 9.97 Å². The molecule has 1 aliphatic heterocycles. The third-order valence-corrected chi connectivity index (χ3v) is 10.9. The fourth-order valence-electron chi connectivity index (χ4n) is 8.14. The monoisotopic (exact) mass is 716 g/mol. The minimum absolute atomic E-state index is 0.597. The van der Waals surface area contributed by atoms with Crippen LogP contribution in [-0.2, 0) is 5.41 Å². The van der Waals surface area contributed by atoms with Gasteiger partial charge in [0.05, 0.1) is 16.8 Å². The van der Waals surface area contributed by atoms with E-state index >= 15 is 0 Å². The summed E-state index contributed by atoms with van der Waals surface area (Å²) in [6, 6.07) is 76.7. The fraction of sp³-hybridized carbons (Fsp3) is 0.0189.